The van der Waals surface area contributed by atoms with Gasteiger partial charge >= 0.3 is 0 Å². The molecule has 0 aromatic heterocycles. The van der Waals surface area contributed by atoms with E-state index in [4.69, 9.17) is 9.47 Å². The first-order chi connectivity index (χ1) is 14.5. The van der Waals surface area contributed by atoms with Crippen molar-refractivity contribution in [1.82, 2.24) is 9.80 Å². The first-order valence-electron chi connectivity index (χ1n) is 11.0. The van der Waals surface area contributed by atoms with Crippen LogP contribution in [-0.2, 0) is 22.3 Å². The number of ether oxygens (including phenoxy) is 2. The summed E-state index contributed by atoms with van der Waals surface area (Å²) in [6, 6.07) is 8.46. The van der Waals surface area contributed by atoms with Crippen LogP contribution in [0, 0.1) is 0 Å². The van der Waals surface area contributed by atoms with E-state index in [1.54, 1.807) is 0 Å². The van der Waals surface area contributed by atoms with Gasteiger partial charge in [-0.05, 0) is 30.5 Å². The average Bonchev–Trinajstić information content (AvgIpc) is 2.79. The lowest BCUT2D eigenvalue weighted by Gasteiger charge is -2.39. The molecule has 30 heavy (non-hydrogen) atoms. The summed E-state index contributed by atoms with van der Waals surface area (Å²) in [7, 11) is 0. The average molecular weight is 425 g/mol. The topological polar surface area (TPSA) is 106 Å². The van der Waals surface area contributed by atoms with Gasteiger partial charge < -0.3 is 39.7 Å². The molecule has 1 aromatic carbocycles. The molecule has 2 fully saturated rings. The van der Waals surface area contributed by atoms with E-state index in [9.17, 15) is 20.4 Å². The summed E-state index contributed by atoms with van der Waals surface area (Å²) >= 11 is 0. The lowest BCUT2D eigenvalue weighted by Crippen LogP contribution is -2.59. The van der Waals surface area contributed by atoms with Gasteiger partial charge in [0.2, 0.25) is 0 Å². The number of piperazine rings is 1. The summed E-state index contributed by atoms with van der Waals surface area (Å²) in [6.07, 6.45) is -4.49. The van der Waals surface area contributed by atoms with Crippen molar-refractivity contribution >= 4 is 0 Å². The second-order valence-corrected chi connectivity index (χ2v) is 8.16. The molecular weight excluding hydrogens is 388 g/mol. The fourth-order valence-corrected chi connectivity index (χ4v) is 3.99. The van der Waals surface area contributed by atoms with Crippen molar-refractivity contribution in [2.24, 2.45) is 0 Å². The highest BCUT2D eigenvalue weighted by Crippen LogP contribution is 2.22. The Bertz CT molecular complexity index is 621. The van der Waals surface area contributed by atoms with E-state index in [0.29, 0.717) is 13.0 Å². The second-order valence-electron chi connectivity index (χ2n) is 8.16. The minimum absolute atomic E-state index is 0.295. The Morgan fingerprint density at radius 1 is 0.900 bits per heavy atom. The standard InChI is InChI=1S/C22H36N2O6/c1-2-23-10-12-24(13-11-23)9-7-16-3-5-17(6-4-16)8-14-29-22-21(28)20(27)19(26)18(15-25)30-22/h3-6,18-22,25-28H,2,7-15H2,1H3/t18-,19-,20+,21-,22-/m1/s1. The van der Waals surface area contributed by atoms with Gasteiger partial charge in [-0.2, -0.15) is 0 Å². The van der Waals surface area contributed by atoms with Gasteiger partial charge in [-0.3, -0.25) is 0 Å². The number of rotatable bonds is 9. The van der Waals surface area contributed by atoms with Crippen LogP contribution in [0.5, 0.6) is 0 Å². The van der Waals surface area contributed by atoms with Crippen LogP contribution < -0.4 is 0 Å². The molecule has 4 N–H and O–H groups in total. The zero-order chi connectivity index (χ0) is 21.5. The van der Waals surface area contributed by atoms with Crippen molar-refractivity contribution in [3.63, 3.8) is 0 Å². The highest BCUT2D eigenvalue weighted by Gasteiger charge is 2.43. The van der Waals surface area contributed by atoms with Gasteiger partial charge in [-0.15, -0.1) is 0 Å². The molecule has 0 unspecified atom stereocenters. The van der Waals surface area contributed by atoms with Crippen molar-refractivity contribution < 1.29 is 29.9 Å². The molecular formula is C22H36N2O6. The third-order valence-corrected chi connectivity index (χ3v) is 6.17. The first-order valence-corrected chi connectivity index (χ1v) is 11.0. The van der Waals surface area contributed by atoms with Crippen molar-refractivity contribution in [2.45, 2.75) is 50.5 Å². The van der Waals surface area contributed by atoms with E-state index in [1.807, 2.05) is 0 Å². The van der Waals surface area contributed by atoms with Crippen LogP contribution >= 0.6 is 0 Å². The Labute approximate surface area is 178 Å². The molecule has 0 aliphatic carbocycles. The Morgan fingerprint density at radius 3 is 2.10 bits per heavy atom. The Hall–Kier alpha value is -1.10. The molecule has 3 rings (SSSR count). The Kier molecular flexibility index (Phi) is 9.03. The van der Waals surface area contributed by atoms with E-state index in [0.717, 1.165) is 51.3 Å². The predicted octanol–water partition coefficient (Wildman–Crippen LogP) is -0.774. The van der Waals surface area contributed by atoms with E-state index in [-0.39, 0.29) is 0 Å². The van der Waals surface area contributed by atoms with Crippen molar-refractivity contribution in [3.8, 4) is 0 Å². The second kappa shape index (κ2) is 11.5. The zero-order valence-corrected chi connectivity index (χ0v) is 17.8. The number of aliphatic hydroxyl groups excluding tert-OH is 4. The highest BCUT2D eigenvalue weighted by atomic mass is 16.7. The zero-order valence-electron chi connectivity index (χ0n) is 17.8. The normalized spacial score (nSPS) is 31.2. The van der Waals surface area contributed by atoms with Gasteiger partial charge in [0.1, 0.15) is 24.4 Å². The summed E-state index contributed by atoms with van der Waals surface area (Å²) in [5.41, 5.74) is 2.42. The monoisotopic (exact) mass is 424 g/mol. The van der Waals surface area contributed by atoms with E-state index in [1.165, 1.54) is 5.56 Å². The number of hydrogen-bond acceptors (Lipinski definition) is 8. The number of nitrogens with zero attached hydrogens (tertiary/aromatic N) is 2. The molecule has 2 saturated heterocycles. The Balaban J connectivity index is 1.38. The van der Waals surface area contributed by atoms with Crippen molar-refractivity contribution in [2.75, 3.05) is 52.5 Å². The maximum absolute atomic E-state index is 10.0. The summed E-state index contributed by atoms with van der Waals surface area (Å²) in [4.78, 5) is 5.01. The van der Waals surface area contributed by atoms with Gasteiger partial charge in [0, 0.05) is 32.7 Å². The molecule has 5 atom stereocenters. The van der Waals surface area contributed by atoms with Crippen LogP contribution in [0.4, 0.5) is 0 Å². The van der Waals surface area contributed by atoms with Gasteiger partial charge in [0.15, 0.2) is 6.29 Å². The molecule has 0 spiro atoms. The fraction of sp³-hybridized carbons (Fsp3) is 0.727. The summed E-state index contributed by atoms with van der Waals surface area (Å²) in [6.45, 7) is 8.86. The molecule has 2 heterocycles. The summed E-state index contributed by atoms with van der Waals surface area (Å²) in [5, 5.41) is 38.8. The van der Waals surface area contributed by atoms with Gasteiger partial charge in [0.25, 0.3) is 0 Å². The van der Waals surface area contributed by atoms with E-state index >= 15 is 0 Å². The largest absolute Gasteiger partial charge is 0.394 e. The summed E-state index contributed by atoms with van der Waals surface area (Å²) in [5.74, 6) is 0. The number of hydrogen-bond donors (Lipinski definition) is 4. The minimum atomic E-state index is -1.41. The smallest absolute Gasteiger partial charge is 0.186 e. The van der Waals surface area contributed by atoms with Crippen LogP contribution in [0.3, 0.4) is 0 Å². The fourth-order valence-electron chi connectivity index (χ4n) is 3.99. The summed E-state index contributed by atoms with van der Waals surface area (Å²) < 4.78 is 10.9. The lowest BCUT2D eigenvalue weighted by atomic mass is 9.99. The minimum Gasteiger partial charge on any atom is -0.394 e. The molecule has 2 aliphatic heterocycles. The maximum atomic E-state index is 10.0. The number of aliphatic hydroxyl groups is 4. The molecule has 8 heteroatoms. The van der Waals surface area contributed by atoms with Crippen LogP contribution in [-0.4, -0.2) is 113 Å². The van der Waals surface area contributed by atoms with Gasteiger partial charge in [-0.1, -0.05) is 31.2 Å². The molecule has 0 radical (unpaired) electrons. The van der Waals surface area contributed by atoms with Gasteiger partial charge in [0.05, 0.1) is 13.2 Å². The molecule has 0 saturated carbocycles. The Morgan fingerprint density at radius 2 is 1.50 bits per heavy atom. The number of likely N-dealkylation sites (N-methyl/N-ethyl adjacent to an activating group) is 1. The molecule has 0 bridgehead atoms. The highest BCUT2D eigenvalue weighted by molar-refractivity contribution is 5.23. The molecule has 8 nitrogen and oxygen atoms in total. The van der Waals surface area contributed by atoms with Crippen molar-refractivity contribution in [3.05, 3.63) is 35.4 Å². The molecule has 1 aromatic rings. The molecule has 0 amide bonds. The van der Waals surface area contributed by atoms with Gasteiger partial charge in [-0.25, -0.2) is 0 Å². The van der Waals surface area contributed by atoms with Crippen LogP contribution in [0.25, 0.3) is 0 Å². The predicted molar refractivity (Wildman–Crippen MR) is 112 cm³/mol. The van der Waals surface area contributed by atoms with Crippen molar-refractivity contribution in [1.29, 1.82) is 0 Å². The van der Waals surface area contributed by atoms with E-state index < -0.39 is 37.3 Å². The lowest BCUT2D eigenvalue weighted by molar-refractivity contribution is -0.300. The van der Waals surface area contributed by atoms with E-state index in [2.05, 4.69) is 41.0 Å². The molecule has 170 valence electrons. The quantitative estimate of drug-likeness (QED) is 0.409. The van der Waals surface area contributed by atoms with Crippen LogP contribution in [0.1, 0.15) is 18.1 Å². The SMILES string of the molecule is CCN1CCN(CCc2ccc(CCO[C@@H]3O[C@H](CO)[C@@H](O)[C@H](O)[C@H]3O)cc2)CC1. The first kappa shape index (κ1) is 23.6. The third kappa shape index (κ3) is 6.21. The van der Waals surface area contributed by atoms with Crippen LogP contribution in [0.2, 0.25) is 0 Å². The van der Waals surface area contributed by atoms with Crippen LogP contribution in [0.15, 0.2) is 24.3 Å². The maximum Gasteiger partial charge on any atom is 0.186 e. The third-order valence-electron chi connectivity index (χ3n) is 6.17. The number of benzene rings is 1. The molecule has 2 aliphatic rings.